The Labute approximate surface area is 325 Å². The summed E-state index contributed by atoms with van der Waals surface area (Å²) in [5.74, 6) is -3.72. The summed E-state index contributed by atoms with van der Waals surface area (Å²) < 4.78 is 130. The first-order valence-corrected chi connectivity index (χ1v) is 19.4. The van der Waals surface area contributed by atoms with Gasteiger partial charge in [-0.3, -0.25) is 18.9 Å². The van der Waals surface area contributed by atoms with Crippen molar-refractivity contribution in [1.82, 2.24) is 29.9 Å². The van der Waals surface area contributed by atoms with Crippen LogP contribution >= 0.6 is 11.6 Å². The first-order valence-electron chi connectivity index (χ1n) is 17.1. The maximum absolute atomic E-state index is 15.4. The molecule has 1 amide bonds. The highest BCUT2D eigenvalue weighted by atomic mass is 35.5. The molecule has 4 atom stereocenters. The number of aryl methyl sites for hydroxylation is 1. The monoisotopic (exact) mass is 837 g/mol. The number of benzene rings is 2. The van der Waals surface area contributed by atoms with Gasteiger partial charge in [-0.15, -0.1) is 0 Å². The third kappa shape index (κ3) is 7.77. The van der Waals surface area contributed by atoms with Crippen LogP contribution in [-0.2, 0) is 40.8 Å². The summed E-state index contributed by atoms with van der Waals surface area (Å²) in [5.41, 5.74) is -3.40. The highest BCUT2D eigenvalue weighted by molar-refractivity contribution is 7.92. The molecule has 5 aromatic rings. The van der Waals surface area contributed by atoms with Gasteiger partial charge in [0, 0.05) is 35.7 Å². The van der Waals surface area contributed by atoms with Crippen LogP contribution in [0.1, 0.15) is 65.6 Å². The van der Waals surface area contributed by atoms with Gasteiger partial charge in [-0.05, 0) is 67.5 Å². The number of pyridine rings is 1. The number of sulfonamides is 1. The third-order valence-electron chi connectivity index (χ3n) is 9.64. The minimum atomic E-state index is -3.86. The third-order valence-corrected chi connectivity index (χ3v) is 10.5. The molecule has 4 unspecified atom stereocenters. The molecule has 0 aliphatic heterocycles. The Balaban J connectivity index is 1.39. The molecule has 2 aromatic carbocycles. The minimum Gasteiger partial charge on any atom is -0.375 e. The van der Waals surface area contributed by atoms with Crippen molar-refractivity contribution < 1.29 is 49.1 Å². The van der Waals surface area contributed by atoms with Gasteiger partial charge >= 0.3 is 0 Å². The molecule has 11 nitrogen and oxygen atoms in total. The van der Waals surface area contributed by atoms with E-state index in [4.69, 9.17) is 11.6 Å². The lowest BCUT2D eigenvalue weighted by Crippen LogP contribution is -2.35. The van der Waals surface area contributed by atoms with Crippen molar-refractivity contribution in [3.63, 3.8) is 0 Å². The molecule has 0 spiro atoms. The number of carbonyl (C=O) groups excluding carboxylic acids is 1. The quantitative estimate of drug-likeness (QED) is 0.103. The molecular weight excluding hydrogens is 807 g/mol. The second-order valence-corrected chi connectivity index (χ2v) is 16.4. The Morgan fingerprint density at radius 3 is 2.44 bits per heavy atom. The number of aliphatic hydroxyl groups is 1. The average Bonchev–Trinajstić information content (AvgIpc) is 3.65. The fourth-order valence-electron chi connectivity index (χ4n) is 7.25. The number of nitrogens with zero attached hydrogens (tertiary/aromatic N) is 5. The van der Waals surface area contributed by atoms with Crippen molar-refractivity contribution in [2.24, 2.45) is 13.0 Å². The SMILES string of the molecule is Cn1nc(NS(C)(=O)=O)c2c(Cl)ccc(-c3ccc(C#CC(C)(O)CF)nc3C(Cc3cc(F)cc(F)c3)NC(=O)Cn3nc(C(F)F)c4c3C(F)(F)C3CC43)c21. The first-order chi connectivity index (χ1) is 26.7. The molecule has 20 heteroatoms. The van der Waals surface area contributed by atoms with Gasteiger partial charge in [0.05, 0.1) is 33.9 Å². The van der Waals surface area contributed by atoms with Crippen LogP contribution in [0.4, 0.5) is 36.6 Å². The zero-order valence-corrected chi connectivity index (χ0v) is 31.6. The molecule has 3 heterocycles. The topological polar surface area (TPSA) is 144 Å². The fourth-order valence-corrected chi connectivity index (χ4v) is 7.98. The number of aromatic nitrogens is 5. The normalized spacial score (nSPS) is 18.4. The van der Waals surface area contributed by atoms with E-state index in [0.29, 0.717) is 16.3 Å². The summed E-state index contributed by atoms with van der Waals surface area (Å²) in [6.07, 6.45) is -2.69. The number of hydrogen-bond acceptors (Lipinski definition) is 7. The van der Waals surface area contributed by atoms with Crippen molar-refractivity contribution >= 4 is 44.3 Å². The van der Waals surface area contributed by atoms with Crippen molar-refractivity contribution in [2.45, 2.75) is 56.2 Å². The molecule has 2 aliphatic carbocycles. The standard InChI is InChI=1S/C37H31ClF7N7O4S/c1-36(54,16-39)9-8-20-4-5-21(22-6-7-25(38)29-32(22)51(2)49-35(29)50-57(3,55)56)30(46-20)26(12-17-10-18(40)13-19(41)11-17)47-27(53)15-52-33-28(31(48-52)34(42)43)23-14-24(23)37(33,44)45/h4-7,10-11,13,23-24,26,34,54H,12,14-16H2,1-3H3,(H,47,53)(H,49,50). The maximum Gasteiger partial charge on any atom is 0.293 e. The molecule has 0 radical (unpaired) electrons. The first kappa shape index (κ1) is 40.0. The Kier molecular flexibility index (Phi) is 10.1. The molecule has 1 fully saturated rings. The molecule has 57 heavy (non-hydrogen) atoms. The van der Waals surface area contributed by atoms with Crippen LogP contribution in [0.15, 0.2) is 42.5 Å². The van der Waals surface area contributed by atoms with Gasteiger partial charge in [0.25, 0.3) is 12.3 Å². The van der Waals surface area contributed by atoms with E-state index >= 15 is 8.78 Å². The Hall–Kier alpha value is -5.19. The second kappa shape index (κ2) is 14.3. The zero-order chi connectivity index (χ0) is 41.4. The molecule has 2 aliphatic rings. The summed E-state index contributed by atoms with van der Waals surface area (Å²) in [4.78, 5) is 18.5. The van der Waals surface area contributed by atoms with Crippen LogP contribution in [0.2, 0.25) is 5.02 Å². The number of amides is 1. The predicted molar refractivity (Wildman–Crippen MR) is 194 cm³/mol. The van der Waals surface area contributed by atoms with Crippen molar-refractivity contribution in [2.75, 3.05) is 17.7 Å². The van der Waals surface area contributed by atoms with Gasteiger partial charge in [0.1, 0.15) is 41.9 Å². The van der Waals surface area contributed by atoms with E-state index in [0.717, 1.165) is 25.3 Å². The van der Waals surface area contributed by atoms with E-state index in [1.54, 1.807) is 0 Å². The number of nitrogens with one attached hydrogen (secondary N) is 2. The van der Waals surface area contributed by atoms with Crippen molar-refractivity contribution in [1.29, 1.82) is 0 Å². The summed E-state index contributed by atoms with van der Waals surface area (Å²) in [5, 5.41) is 21.1. The predicted octanol–water partition coefficient (Wildman–Crippen LogP) is 6.45. The summed E-state index contributed by atoms with van der Waals surface area (Å²) in [6, 6.07) is 7.02. The van der Waals surface area contributed by atoms with Gasteiger partial charge in [-0.25, -0.2) is 35.4 Å². The summed E-state index contributed by atoms with van der Waals surface area (Å²) in [7, 11) is -2.36. The number of halogens is 8. The Morgan fingerprint density at radius 1 is 1.11 bits per heavy atom. The number of hydrogen-bond donors (Lipinski definition) is 3. The highest BCUT2D eigenvalue weighted by Crippen LogP contribution is 2.68. The lowest BCUT2D eigenvalue weighted by Gasteiger charge is -2.23. The number of anilines is 1. The van der Waals surface area contributed by atoms with Crippen LogP contribution in [0.3, 0.4) is 0 Å². The van der Waals surface area contributed by atoms with E-state index in [2.05, 4.69) is 37.1 Å². The van der Waals surface area contributed by atoms with Crippen molar-refractivity contribution in [3.8, 4) is 23.0 Å². The van der Waals surface area contributed by atoms with Crippen LogP contribution in [0, 0.1) is 29.4 Å². The molecule has 7 rings (SSSR count). The van der Waals surface area contributed by atoms with Gasteiger partial charge in [-0.1, -0.05) is 23.6 Å². The van der Waals surface area contributed by atoms with Gasteiger partial charge in [-0.2, -0.15) is 19.0 Å². The zero-order valence-electron chi connectivity index (χ0n) is 30.0. The molecule has 0 bridgehead atoms. The largest absolute Gasteiger partial charge is 0.375 e. The Morgan fingerprint density at radius 2 is 1.79 bits per heavy atom. The van der Waals surface area contributed by atoms with Crippen molar-refractivity contribution in [3.05, 3.63) is 93.0 Å². The lowest BCUT2D eigenvalue weighted by molar-refractivity contribution is -0.123. The van der Waals surface area contributed by atoms with Gasteiger partial charge in [0.2, 0.25) is 15.9 Å². The van der Waals surface area contributed by atoms with Crippen LogP contribution in [-0.4, -0.2) is 62.5 Å². The molecule has 3 N–H and O–H groups in total. The van der Waals surface area contributed by atoms with E-state index in [1.807, 2.05) is 0 Å². The average molecular weight is 838 g/mol. The van der Waals surface area contributed by atoms with E-state index in [-0.39, 0.29) is 56.2 Å². The molecular formula is C37H31ClF7N7O4S. The summed E-state index contributed by atoms with van der Waals surface area (Å²) >= 11 is 6.55. The number of alkyl halides is 5. The molecule has 0 saturated heterocycles. The fraction of sp³-hybridized carbons (Fsp3) is 0.351. The Bertz CT molecular complexity index is 2620. The van der Waals surface area contributed by atoms with Gasteiger partial charge < -0.3 is 10.4 Å². The number of carbonyl (C=O) groups is 1. The molecule has 3 aromatic heterocycles. The van der Waals surface area contributed by atoms with Crippen LogP contribution < -0.4 is 10.0 Å². The molecule has 1 saturated carbocycles. The van der Waals surface area contributed by atoms with Gasteiger partial charge in [0.15, 0.2) is 11.4 Å². The molecule has 300 valence electrons. The minimum absolute atomic E-state index is 0.00123. The van der Waals surface area contributed by atoms with Crippen LogP contribution in [0.5, 0.6) is 0 Å². The smallest absolute Gasteiger partial charge is 0.293 e. The summed E-state index contributed by atoms with van der Waals surface area (Å²) in [6.45, 7) is -1.09. The highest BCUT2D eigenvalue weighted by Gasteiger charge is 2.67. The lowest BCUT2D eigenvalue weighted by atomic mass is 9.93. The number of rotatable bonds is 11. The van der Waals surface area contributed by atoms with E-state index in [1.165, 1.54) is 36.0 Å². The van der Waals surface area contributed by atoms with Crippen LogP contribution in [0.25, 0.3) is 22.0 Å². The van der Waals surface area contributed by atoms with E-state index in [9.17, 15) is 40.3 Å². The second-order valence-electron chi connectivity index (χ2n) is 14.2. The van der Waals surface area contributed by atoms with E-state index < -0.39 is 94.4 Å². The number of fused-ring (bicyclic) bond motifs is 4. The maximum atomic E-state index is 15.4.